The summed E-state index contributed by atoms with van der Waals surface area (Å²) in [6, 6.07) is 65.6. The molecule has 2 saturated carbocycles. The van der Waals surface area contributed by atoms with Crippen molar-refractivity contribution in [1.82, 2.24) is 9.13 Å². The third kappa shape index (κ3) is 6.28. The van der Waals surface area contributed by atoms with E-state index in [0.29, 0.717) is 11.1 Å². The van der Waals surface area contributed by atoms with Crippen molar-refractivity contribution in [3.05, 3.63) is 192 Å². The molecule has 4 heterocycles. The molecule has 6 nitrogen and oxygen atoms in total. The molecule has 2 aliphatic carbocycles. The van der Waals surface area contributed by atoms with Crippen LogP contribution < -0.4 is 0 Å². The second kappa shape index (κ2) is 16.9. The van der Waals surface area contributed by atoms with Crippen LogP contribution in [0, 0.1) is 22.7 Å². The van der Waals surface area contributed by atoms with Gasteiger partial charge in [-0.1, -0.05) is 136 Å². The molecule has 0 aliphatic heterocycles. The minimum Gasteiger partial charge on any atom is -0.456 e. The third-order valence-corrected chi connectivity index (χ3v) is 17.0. The quantitative estimate of drug-likeness (QED) is 0.166. The smallest absolute Gasteiger partial charge is 0.136 e. The van der Waals surface area contributed by atoms with Crippen molar-refractivity contribution < 1.29 is 8.83 Å². The number of furan rings is 2. The van der Waals surface area contributed by atoms with E-state index < -0.39 is 0 Å². The lowest BCUT2D eigenvalue weighted by Gasteiger charge is -2.37. The Hall–Kier alpha value is -8.84. The van der Waals surface area contributed by atoms with Gasteiger partial charge in [0.1, 0.15) is 22.3 Å². The van der Waals surface area contributed by atoms with E-state index in [-0.39, 0.29) is 11.8 Å². The summed E-state index contributed by atoms with van der Waals surface area (Å²) >= 11 is 0. The van der Waals surface area contributed by atoms with Crippen LogP contribution in [0.5, 0.6) is 0 Å². The van der Waals surface area contributed by atoms with Crippen LogP contribution in [-0.2, 0) is 0 Å². The zero-order valence-corrected chi connectivity index (χ0v) is 41.0. The van der Waals surface area contributed by atoms with Gasteiger partial charge in [-0.05, 0) is 133 Å². The number of hydrogen-bond donors (Lipinski definition) is 0. The minimum atomic E-state index is 0.229. The first kappa shape index (κ1) is 42.8. The lowest BCUT2D eigenvalue weighted by atomic mass is 9.72. The molecular weight excluding hydrogens is 905 g/mol. The molecule has 354 valence electrons. The normalized spacial score (nSPS) is 14.9. The van der Waals surface area contributed by atoms with E-state index in [1.54, 1.807) is 0 Å². The van der Waals surface area contributed by atoms with E-state index in [1.165, 1.54) is 62.5 Å². The Kier molecular flexibility index (Phi) is 9.76. The van der Waals surface area contributed by atoms with Crippen LogP contribution >= 0.6 is 0 Å². The van der Waals surface area contributed by atoms with Crippen molar-refractivity contribution in [2.75, 3.05) is 0 Å². The molecule has 0 unspecified atom stereocenters. The summed E-state index contributed by atoms with van der Waals surface area (Å²) in [5, 5.41) is 29.9. The van der Waals surface area contributed by atoms with E-state index in [1.807, 2.05) is 24.3 Å². The average Bonchev–Trinajstić information content (AvgIpc) is 4.22. The van der Waals surface area contributed by atoms with E-state index in [9.17, 15) is 10.5 Å². The summed E-state index contributed by atoms with van der Waals surface area (Å²) in [5.74, 6) is 0.459. The van der Waals surface area contributed by atoms with Gasteiger partial charge in [-0.15, -0.1) is 0 Å². The fourth-order valence-corrected chi connectivity index (χ4v) is 13.8. The highest BCUT2D eigenvalue weighted by Crippen LogP contribution is 2.57. The van der Waals surface area contributed by atoms with Crippen LogP contribution in [0.1, 0.15) is 98.3 Å². The molecule has 0 bridgehead atoms. The number of benzene rings is 9. The molecule has 4 aromatic heterocycles. The zero-order chi connectivity index (χ0) is 49.0. The first-order chi connectivity index (χ1) is 36.7. The second-order valence-corrected chi connectivity index (χ2v) is 20.9. The summed E-state index contributed by atoms with van der Waals surface area (Å²) in [6.45, 7) is 0. The molecule has 15 rings (SSSR count). The highest BCUT2D eigenvalue weighted by Gasteiger charge is 2.37. The van der Waals surface area contributed by atoms with Crippen molar-refractivity contribution in [2.45, 2.75) is 76.0 Å². The van der Waals surface area contributed by atoms with Crippen molar-refractivity contribution in [2.24, 2.45) is 0 Å². The molecule has 0 N–H and O–H groups in total. The standard InChI is InChI=1S/C68H50N4O2/c69-39-41-27-31-45(32-28-41)61-59(43-15-3-1-4-16-43)67(71-51-23-11-7-19-47(51)63-53(71)35-37-57-65(63)49-21-9-13-25-55(49)73-57)60(44-17-5-2-6-18-44)62(46-33-29-42(40-70)30-34-46)68(61)72-52-24-12-8-20-48(52)64-54(72)36-38-58-66(64)50-22-10-14-26-56(50)74-58/h7-14,19-38,43-44H,1-6,15-18H2. The summed E-state index contributed by atoms with van der Waals surface area (Å²) in [7, 11) is 0. The zero-order valence-electron chi connectivity index (χ0n) is 41.0. The van der Waals surface area contributed by atoms with Gasteiger partial charge in [-0.2, -0.15) is 10.5 Å². The fraction of sp³-hybridized carbons (Fsp3) is 0.176. The SMILES string of the molecule is N#Cc1ccc(-c2c(C3CCCCC3)c(-n3c4ccccc4c4c5c(ccc43)oc3ccccc35)c(C3CCCCC3)c(-c3ccc(C#N)cc3)c2-n2c3ccccc3c3c4c(ccc32)oc2ccccc24)cc1. The predicted octanol–water partition coefficient (Wildman–Crippen LogP) is 18.9. The third-order valence-electron chi connectivity index (χ3n) is 17.0. The number of hydrogen-bond acceptors (Lipinski definition) is 4. The van der Waals surface area contributed by atoms with E-state index in [0.717, 1.165) is 134 Å². The maximum absolute atomic E-state index is 10.4. The van der Waals surface area contributed by atoms with Gasteiger partial charge >= 0.3 is 0 Å². The molecule has 0 radical (unpaired) electrons. The van der Waals surface area contributed by atoms with Crippen molar-refractivity contribution >= 4 is 87.5 Å². The van der Waals surface area contributed by atoms with Crippen LogP contribution in [0.3, 0.4) is 0 Å². The highest BCUT2D eigenvalue weighted by atomic mass is 16.3. The largest absolute Gasteiger partial charge is 0.456 e. The van der Waals surface area contributed by atoms with Gasteiger partial charge in [0.05, 0.1) is 56.7 Å². The lowest BCUT2D eigenvalue weighted by molar-refractivity contribution is 0.435. The summed E-state index contributed by atoms with van der Waals surface area (Å²) in [5.41, 5.74) is 19.1. The molecule has 0 amide bonds. The summed E-state index contributed by atoms with van der Waals surface area (Å²) < 4.78 is 18.6. The van der Waals surface area contributed by atoms with Crippen molar-refractivity contribution in [3.63, 3.8) is 0 Å². The van der Waals surface area contributed by atoms with E-state index >= 15 is 0 Å². The van der Waals surface area contributed by atoms with Gasteiger partial charge in [0.15, 0.2) is 0 Å². The van der Waals surface area contributed by atoms with Gasteiger partial charge in [-0.25, -0.2) is 0 Å². The van der Waals surface area contributed by atoms with Gasteiger partial charge in [-0.3, -0.25) is 0 Å². The maximum Gasteiger partial charge on any atom is 0.136 e. The number of nitrogens with zero attached hydrogens (tertiary/aromatic N) is 4. The van der Waals surface area contributed by atoms with Crippen molar-refractivity contribution in [1.29, 1.82) is 10.5 Å². The Labute approximate surface area is 427 Å². The van der Waals surface area contributed by atoms with E-state index in [4.69, 9.17) is 8.83 Å². The monoisotopic (exact) mass is 954 g/mol. The van der Waals surface area contributed by atoms with Gasteiger partial charge in [0, 0.05) is 54.2 Å². The maximum atomic E-state index is 10.4. The van der Waals surface area contributed by atoms with Crippen LogP contribution in [0.25, 0.3) is 121 Å². The Bertz CT molecular complexity index is 4410. The molecular formula is C68H50N4O2. The number of nitriles is 2. The molecule has 2 aliphatic rings. The van der Waals surface area contributed by atoms with Gasteiger partial charge in [0.2, 0.25) is 0 Å². The van der Waals surface area contributed by atoms with Crippen molar-refractivity contribution in [3.8, 4) is 45.8 Å². The topological polar surface area (TPSA) is 83.7 Å². The van der Waals surface area contributed by atoms with Gasteiger partial charge < -0.3 is 18.0 Å². The van der Waals surface area contributed by atoms with Crippen LogP contribution in [0.15, 0.2) is 179 Å². The number of rotatable bonds is 6. The number of aromatic nitrogens is 2. The minimum absolute atomic E-state index is 0.229. The fourth-order valence-electron chi connectivity index (χ4n) is 13.8. The highest BCUT2D eigenvalue weighted by molar-refractivity contribution is 6.29. The summed E-state index contributed by atoms with van der Waals surface area (Å²) in [6.07, 6.45) is 11.3. The summed E-state index contributed by atoms with van der Waals surface area (Å²) in [4.78, 5) is 0. The number of fused-ring (bicyclic) bond motifs is 14. The Morgan fingerprint density at radius 3 is 1.18 bits per heavy atom. The molecule has 6 heteroatoms. The molecule has 0 spiro atoms. The first-order valence-electron chi connectivity index (χ1n) is 26.6. The molecule has 0 atom stereocenters. The Morgan fingerprint density at radius 2 is 0.743 bits per heavy atom. The molecule has 0 saturated heterocycles. The van der Waals surface area contributed by atoms with Crippen LogP contribution in [0.4, 0.5) is 0 Å². The number of para-hydroxylation sites is 4. The molecule has 2 fully saturated rings. The van der Waals surface area contributed by atoms with Crippen LogP contribution in [-0.4, -0.2) is 9.13 Å². The first-order valence-corrected chi connectivity index (χ1v) is 26.6. The molecule has 74 heavy (non-hydrogen) atoms. The average molecular weight is 955 g/mol. The lowest BCUT2D eigenvalue weighted by Crippen LogP contribution is -2.20. The van der Waals surface area contributed by atoms with Crippen LogP contribution in [0.2, 0.25) is 0 Å². The predicted molar refractivity (Wildman–Crippen MR) is 302 cm³/mol. The molecule has 13 aromatic rings. The Balaban J connectivity index is 1.23. The second-order valence-electron chi connectivity index (χ2n) is 20.9. The molecule has 9 aromatic carbocycles. The Morgan fingerprint density at radius 1 is 0.351 bits per heavy atom. The van der Waals surface area contributed by atoms with E-state index in [2.05, 4.69) is 167 Å². The van der Waals surface area contributed by atoms with Gasteiger partial charge in [0.25, 0.3) is 0 Å².